The van der Waals surface area contributed by atoms with Crippen LogP contribution in [0.4, 0.5) is 0 Å². The molecule has 1 aliphatic rings. The van der Waals surface area contributed by atoms with Gasteiger partial charge in [0.05, 0.1) is 6.04 Å². The summed E-state index contributed by atoms with van der Waals surface area (Å²) >= 11 is 1.43. The Kier molecular flexibility index (Phi) is 5.15. The predicted molar refractivity (Wildman–Crippen MR) is 44.2 cm³/mol. The Labute approximate surface area is 101 Å². The maximum atomic E-state index is 10.8. The van der Waals surface area contributed by atoms with Gasteiger partial charge >= 0.3 is 0 Å². The van der Waals surface area contributed by atoms with Gasteiger partial charge in [0.15, 0.2) is 0 Å². The molecule has 1 aliphatic heterocycles. The second-order valence-electron chi connectivity index (χ2n) is 2.75. The maximum absolute atomic E-state index is 10.8. The minimum Gasteiger partial charge on any atom is -0.539 e. The van der Waals surface area contributed by atoms with Crippen molar-refractivity contribution in [1.29, 1.82) is 0 Å². The smallest absolute Gasteiger partial charge is 0.147 e. The van der Waals surface area contributed by atoms with Crippen LogP contribution in [0.25, 0.3) is 0 Å². The summed E-state index contributed by atoms with van der Waals surface area (Å²) in [4.78, 5) is 20.6. The average molecular weight is 261 g/mol. The van der Waals surface area contributed by atoms with Crippen LogP contribution < -0.4 is 5.32 Å². The summed E-state index contributed by atoms with van der Waals surface area (Å²) in [7, 11) is 0. The third kappa shape index (κ3) is 2.91. The molecule has 12 heavy (non-hydrogen) atoms. The summed E-state index contributed by atoms with van der Waals surface area (Å²) in [6.07, 6.45) is 1.87. The molecular weight excluding hydrogens is 251 g/mol. The number of nitrogens with one attached hydrogen (secondary N) is 1. The van der Waals surface area contributed by atoms with Gasteiger partial charge in [0.25, 0.3) is 0 Å². The summed E-state index contributed by atoms with van der Waals surface area (Å²) in [6.45, 7) is 3.25. The van der Waals surface area contributed by atoms with E-state index in [-0.39, 0.29) is 44.5 Å². The minimum atomic E-state index is -0.670. The fourth-order valence-electron chi connectivity index (χ4n) is 0.944. The van der Waals surface area contributed by atoms with Crippen molar-refractivity contribution >= 4 is 23.8 Å². The molecule has 0 amide bonds. The topological polar surface area (TPSA) is 46.2 Å². The van der Waals surface area contributed by atoms with E-state index in [1.165, 1.54) is 18.7 Å². The standard InChI is InChI=1S/C7H10NO2S.Y/c1-5(10)6-3-11-7(2,4-9)8-6;/h6,8H,3H2,1-2H3;/q-1;. The van der Waals surface area contributed by atoms with Crippen LogP contribution in [0, 0.1) is 0 Å². The molecule has 0 aromatic heterocycles. The number of thioether (sulfide) groups is 1. The zero-order valence-corrected chi connectivity index (χ0v) is 10.7. The first-order valence-corrected chi connectivity index (χ1v) is 4.37. The van der Waals surface area contributed by atoms with Crippen molar-refractivity contribution in [3.05, 3.63) is 0 Å². The molecule has 1 heterocycles. The first-order chi connectivity index (χ1) is 5.07. The first-order valence-electron chi connectivity index (χ1n) is 3.39. The van der Waals surface area contributed by atoms with Gasteiger partial charge in [-0.3, -0.25) is 4.79 Å². The van der Waals surface area contributed by atoms with Crippen LogP contribution in [0.1, 0.15) is 13.8 Å². The van der Waals surface area contributed by atoms with Crippen molar-refractivity contribution in [2.75, 3.05) is 5.75 Å². The van der Waals surface area contributed by atoms with Crippen LogP contribution in [-0.4, -0.2) is 28.7 Å². The van der Waals surface area contributed by atoms with Gasteiger partial charge in [0.2, 0.25) is 0 Å². The Bertz CT molecular complexity index is 200. The Balaban J connectivity index is 0.00000121. The van der Waals surface area contributed by atoms with E-state index in [0.29, 0.717) is 5.75 Å². The number of rotatable bonds is 2. The molecule has 0 spiro atoms. The van der Waals surface area contributed by atoms with Crippen LogP contribution in [0.5, 0.6) is 0 Å². The van der Waals surface area contributed by atoms with Crippen LogP contribution in [-0.2, 0) is 42.3 Å². The van der Waals surface area contributed by atoms with E-state index >= 15 is 0 Å². The zero-order chi connectivity index (χ0) is 8.48. The fourth-order valence-corrected chi connectivity index (χ4v) is 2.05. The number of hydrogen-bond acceptors (Lipinski definition) is 4. The van der Waals surface area contributed by atoms with Gasteiger partial charge in [-0.05, 0) is 11.8 Å². The van der Waals surface area contributed by atoms with Crippen molar-refractivity contribution in [2.45, 2.75) is 24.8 Å². The van der Waals surface area contributed by atoms with E-state index in [4.69, 9.17) is 0 Å². The molecule has 2 unspecified atom stereocenters. The van der Waals surface area contributed by atoms with Crippen LogP contribution in [0.15, 0.2) is 0 Å². The van der Waals surface area contributed by atoms with Gasteiger partial charge in [0, 0.05) is 38.5 Å². The number of carbonyl (C=O) groups is 1. The molecule has 5 heteroatoms. The molecule has 0 saturated carbocycles. The number of hydrogen-bond donors (Lipinski definition) is 1. The molecule has 0 bridgehead atoms. The SMILES string of the molecule is CC(=O)C1CSC(C)([C-]=O)N1.[Y]. The molecule has 1 saturated heterocycles. The third-order valence-corrected chi connectivity index (χ3v) is 2.95. The largest absolute Gasteiger partial charge is 0.539 e. The summed E-state index contributed by atoms with van der Waals surface area (Å²) < 4.78 is 0. The Morgan fingerprint density at radius 3 is 2.58 bits per heavy atom. The molecule has 0 aliphatic carbocycles. The van der Waals surface area contributed by atoms with E-state index < -0.39 is 4.87 Å². The van der Waals surface area contributed by atoms with Crippen molar-refractivity contribution in [3.8, 4) is 0 Å². The summed E-state index contributed by atoms with van der Waals surface area (Å²) in [5.41, 5.74) is 0. The average Bonchev–Trinajstić information content (AvgIpc) is 2.33. The Hall–Kier alpha value is 0.754. The summed E-state index contributed by atoms with van der Waals surface area (Å²) in [5, 5.41) is 2.91. The van der Waals surface area contributed by atoms with E-state index in [1.807, 2.05) is 6.29 Å². The fraction of sp³-hybridized carbons (Fsp3) is 0.714. The van der Waals surface area contributed by atoms with E-state index in [2.05, 4.69) is 5.32 Å². The molecule has 1 rings (SSSR count). The van der Waals surface area contributed by atoms with E-state index in [0.717, 1.165) is 0 Å². The monoisotopic (exact) mass is 261 g/mol. The molecule has 0 aromatic carbocycles. The van der Waals surface area contributed by atoms with Gasteiger partial charge in [-0.15, -0.1) is 0 Å². The van der Waals surface area contributed by atoms with Gasteiger partial charge < -0.3 is 10.1 Å². The van der Waals surface area contributed by atoms with Crippen molar-refractivity contribution in [1.82, 2.24) is 5.32 Å². The Morgan fingerprint density at radius 1 is 1.75 bits per heavy atom. The molecule has 3 nitrogen and oxygen atoms in total. The molecule has 1 N–H and O–H groups in total. The van der Waals surface area contributed by atoms with Crippen LogP contribution in [0.3, 0.4) is 0 Å². The number of Topliss-reactive ketones (excluding diaryl/α,β-unsaturated/α-hetero) is 1. The maximum Gasteiger partial charge on any atom is 0.147 e. The van der Waals surface area contributed by atoms with Crippen molar-refractivity contribution < 1.29 is 42.3 Å². The molecule has 2 atom stereocenters. The second-order valence-corrected chi connectivity index (χ2v) is 4.19. The van der Waals surface area contributed by atoms with Crippen molar-refractivity contribution in [3.63, 3.8) is 0 Å². The molecular formula is C7H10NO2SY-. The minimum absolute atomic E-state index is 0. The Morgan fingerprint density at radius 2 is 2.33 bits per heavy atom. The van der Waals surface area contributed by atoms with Crippen LogP contribution in [0.2, 0.25) is 0 Å². The summed E-state index contributed by atoms with van der Waals surface area (Å²) in [5.74, 6) is 0.748. The van der Waals surface area contributed by atoms with Crippen molar-refractivity contribution in [2.24, 2.45) is 0 Å². The molecule has 0 aromatic rings. The van der Waals surface area contributed by atoms with Crippen LogP contribution >= 0.6 is 11.8 Å². The first kappa shape index (κ1) is 12.8. The predicted octanol–water partition coefficient (Wildman–Crippen LogP) is 0.104. The van der Waals surface area contributed by atoms with Gasteiger partial charge in [0.1, 0.15) is 5.78 Å². The third-order valence-electron chi connectivity index (χ3n) is 1.67. The van der Waals surface area contributed by atoms with Gasteiger partial charge in [-0.1, -0.05) is 6.92 Å². The normalized spacial score (nSPS) is 34.0. The quantitative estimate of drug-likeness (QED) is 0.716. The van der Waals surface area contributed by atoms with Gasteiger partial charge in [-0.2, -0.15) is 11.8 Å². The van der Waals surface area contributed by atoms with Gasteiger partial charge in [-0.25, -0.2) is 6.29 Å². The second kappa shape index (κ2) is 4.84. The number of carbonyl (C=O) groups excluding carboxylic acids is 2. The van der Waals surface area contributed by atoms with E-state index in [9.17, 15) is 9.59 Å². The summed E-state index contributed by atoms with van der Waals surface area (Å²) in [6, 6.07) is -0.175. The molecule has 1 radical (unpaired) electrons. The number of ketones is 1. The molecule has 65 valence electrons. The zero-order valence-electron chi connectivity index (χ0n) is 7.09. The molecule has 1 fully saturated rings. The van der Waals surface area contributed by atoms with E-state index in [1.54, 1.807) is 6.92 Å².